The molecule has 1 spiro atoms. The van der Waals surface area contributed by atoms with Crippen molar-refractivity contribution < 1.29 is 9.53 Å². The van der Waals surface area contributed by atoms with Crippen LogP contribution in [0.15, 0.2) is 18.5 Å². The van der Waals surface area contributed by atoms with Crippen molar-refractivity contribution in [2.45, 2.75) is 44.2 Å². The molecule has 0 unspecified atom stereocenters. The first-order valence-electron chi connectivity index (χ1n) is 10.4. The van der Waals surface area contributed by atoms with Crippen LogP contribution in [0.3, 0.4) is 0 Å². The van der Waals surface area contributed by atoms with E-state index in [1.807, 2.05) is 17.3 Å². The van der Waals surface area contributed by atoms with Crippen LogP contribution in [0.2, 0.25) is 0 Å². The zero-order valence-corrected chi connectivity index (χ0v) is 17.3. The van der Waals surface area contributed by atoms with Gasteiger partial charge in [-0.25, -0.2) is 4.98 Å². The first-order valence-corrected chi connectivity index (χ1v) is 11.2. The minimum atomic E-state index is -0.195. The number of carbonyl (C=O) groups excluding carboxylic acids is 1. The van der Waals surface area contributed by atoms with Crippen molar-refractivity contribution in [1.29, 1.82) is 0 Å². The second kappa shape index (κ2) is 7.28. The van der Waals surface area contributed by atoms with Gasteiger partial charge < -0.3 is 14.2 Å². The summed E-state index contributed by atoms with van der Waals surface area (Å²) in [4.78, 5) is 24.0. The van der Waals surface area contributed by atoms with Crippen LogP contribution in [-0.2, 0) is 30.4 Å². The van der Waals surface area contributed by atoms with Crippen molar-refractivity contribution in [1.82, 2.24) is 19.4 Å². The number of aromatic nitrogens is 2. The Balaban J connectivity index is 1.32. The number of fused-ring (bicyclic) bond motifs is 2. The van der Waals surface area contributed by atoms with E-state index in [-0.39, 0.29) is 11.5 Å². The first-order chi connectivity index (χ1) is 13.6. The summed E-state index contributed by atoms with van der Waals surface area (Å²) in [5, 5.41) is 0. The Labute approximate surface area is 170 Å². The Kier molecular flexibility index (Phi) is 4.77. The van der Waals surface area contributed by atoms with Gasteiger partial charge in [0.25, 0.3) is 5.91 Å². The smallest absolute Gasteiger partial charge is 0.263 e. The predicted molar refractivity (Wildman–Crippen MR) is 109 cm³/mol. The third kappa shape index (κ3) is 3.19. The first kappa shape index (κ1) is 18.3. The van der Waals surface area contributed by atoms with E-state index < -0.39 is 0 Å². The third-order valence-electron chi connectivity index (χ3n) is 6.53. The van der Waals surface area contributed by atoms with Crippen LogP contribution in [0, 0.1) is 0 Å². The lowest BCUT2D eigenvalue weighted by Crippen LogP contribution is -2.45. The molecule has 0 atom stereocenters. The largest absolute Gasteiger partial charge is 0.369 e. The lowest BCUT2D eigenvalue weighted by molar-refractivity contribution is -0.0963. The Morgan fingerprint density at radius 1 is 1.25 bits per heavy atom. The molecule has 3 aliphatic heterocycles. The molecule has 0 N–H and O–H groups in total. The number of carbonyl (C=O) groups is 1. The SMILES string of the molecule is Cn1ccnc1CN1CCC2(CC1)OCCc1cc(C(=O)N3CCCC3)sc12. The highest BCUT2D eigenvalue weighted by atomic mass is 32.1. The van der Waals surface area contributed by atoms with Gasteiger partial charge in [0.05, 0.1) is 18.0 Å². The fraction of sp³-hybridized carbons (Fsp3) is 0.619. The van der Waals surface area contributed by atoms with Crippen molar-refractivity contribution in [3.63, 3.8) is 0 Å². The van der Waals surface area contributed by atoms with Gasteiger partial charge in [-0.15, -0.1) is 11.3 Å². The van der Waals surface area contributed by atoms with Crippen LogP contribution in [0.25, 0.3) is 0 Å². The highest BCUT2D eigenvalue weighted by molar-refractivity contribution is 7.14. The summed E-state index contributed by atoms with van der Waals surface area (Å²) in [6, 6.07) is 2.16. The molecule has 0 aromatic carbocycles. The molecular formula is C21H28N4O2S. The number of imidazole rings is 1. The molecule has 5 heterocycles. The van der Waals surface area contributed by atoms with E-state index in [2.05, 4.69) is 27.6 Å². The fourth-order valence-electron chi connectivity index (χ4n) is 4.80. The molecule has 2 fully saturated rings. The number of aryl methyl sites for hydroxylation is 1. The topological polar surface area (TPSA) is 50.6 Å². The summed E-state index contributed by atoms with van der Waals surface area (Å²) in [5.74, 6) is 1.33. The van der Waals surface area contributed by atoms with Gasteiger partial charge in [0.15, 0.2) is 0 Å². The van der Waals surface area contributed by atoms with Crippen LogP contribution in [0.5, 0.6) is 0 Å². The van der Waals surface area contributed by atoms with Gasteiger partial charge in [0.2, 0.25) is 0 Å². The van der Waals surface area contributed by atoms with Gasteiger partial charge in [-0.3, -0.25) is 9.69 Å². The molecule has 150 valence electrons. The third-order valence-corrected chi connectivity index (χ3v) is 7.88. The maximum atomic E-state index is 12.9. The van der Waals surface area contributed by atoms with E-state index in [1.54, 1.807) is 11.3 Å². The molecule has 2 aromatic heterocycles. The highest BCUT2D eigenvalue weighted by Crippen LogP contribution is 2.45. The van der Waals surface area contributed by atoms with Crippen LogP contribution < -0.4 is 0 Å². The number of rotatable bonds is 3. The molecule has 2 aromatic rings. The average molecular weight is 401 g/mol. The van der Waals surface area contributed by atoms with Crippen molar-refractivity contribution in [3.8, 4) is 0 Å². The quantitative estimate of drug-likeness (QED) is 0.795. The lowest BCUT2D eigenvalue weighted by Gasteiger charge is -2.43. The predicted octanol–water partition coefficient (Wildman–Crippen LogP) is 2.78. The number of nitrogens with zero attached hydrogens (tertiary/aromatic N) is 4. The standard InChI is InChI=1S/C21H28N4O2S/c1-23-12-7-22-18(23)15-24-10-5-21(6-11-24)19-16(4-13-27-21)14-17(28-19)20(26)25-8-2-3-9-25/h7,12,14H,2-6,8-11,13,15H2,1H3. The normalized spacial score (nSPS) is 22.0. The van der Waals surface area contributed by atoms with E-state index in [4.69, 9.17) is 4.74 Å². The summed E-state index contributed by atoms with van der Waals surface area (Å²) >= 11 is 1.69. The molecule has 2 saturated heterocycles. The minimum Gasteiger partial charge on any atom is -0.369 e. The Morgan fingerprint density at radius 3 is 2.75 bits per heavy atom. The number of hydrogen-bond donors (Lipinski definition) is 0. The van der Waals surface area contributed by atoms with Gasteiger partial charge >= 0.3 is 0 Å². The van der Waals surface area contributed by atoms with E-state index in [1.165, 1.54) is 10.4 Å². The molecular weight excluding hydrogens is 372 g/mol. The fourth-order valence-corrected chi connectivity index (χ4v) is 6.17. The van der Waals surface area contributed by atoms with Gasteiger partial charge in [-0.2, -0.15) is 0 Å². The van der Waals surface area contributed by atoms with E-state index in [0.717, 1.165) is 82.1 Å². The maximum Gasteiger partial charge on any atom is 0.263 e. The molecule has 0 saturated carbocycles. The molecule has 0 bridgehead atoms. The lowest BCUT2D eigenvalue weighted by atomic mass is 9.85. The van der Waals surface area contributed by atoms with Crippen LogP contribution in [0.1, 0.15) is 51.6 Å². The zero-order valence-electron chi connectivity index (χ0n) is 16.5. The number of hydrogen-bond acceptors (Lipinski definition) is 5. The highest BCUT2D eigenvalue weighted by Gasteiger charge is 2.43. The van der Waals surface area contributed by atoms with E-state index >= 15 is 0 Å². The number of thiophene rings is 1. The second-order valence-electron chi connectivity index (χ2n) is 8.29. The molecule has 5 rings (SSSR count). The number of likely N-dealkylation sites (tertiary alicyclic amines) is 2. The van der Waals surface area contributed by atoms with E-state index in [0.29, 0.717) is 0 Å². The minimum absolute atomic E-state index is 0.195. The maximum absolute atomic E-state index is 12.9. The van der Waals surface area contributed by atoms with Crippen molar-refractivity contribution in [3.05, 3.63) is 39.6 Å². The van der Waals surface area contributed by atoms with Crippen LogP contribution in [0.4, 0.5) is 0 Å². The molecule has 7 heteroatoms. The number of amides is 1. The molecule has 1 amide bonds. The molecule has 28 heavy (non-hydrogen) atoms. The summed E-state index contributed by atoms with van der Waals surface area (Å²) in [5.41, 5.74) is 1.15. The molecule has 6 nitrogen and oxygen atoms in total. The molecule has 0 aliphatic carbocycles. The van der Waals surface area contributed by atoms with Gasteiger partial charge in [-0.05, 0) is 43.7 Å². The van der Waals surface area contributed by atoms with Gasteiger partial charge in [0, 0.05) is 50.5 Å². The van der Waals surface area contributed by atoms with Crippen molar-refractivity contribution in [2.24, 2.45) is 7.05 Å². The average Bonchev–Trinajstić information content (AvgIpc) is 3.45. The monoisotopic (exact) mass is 400 g/mol. The molecule has 0 radical (unpaired) electrons. The van der Waals surface area contributed by atoms with E-state index in [9.17, 15) is 4.79 Å². The summed E-state index contributed by atoms with van der Waals surface area (Å²) in [7, 11) is 2.05. The van der Waals surface area contributed by atoms with Gasteiger partial charge in [0.1, 0.15) is 11.4 Å². The molecule has 3 aliphatic rings. The van der Waals surface area contributed by atoms with Crippen molar-refractivity contribution in [2.75, 3.05) is 32.8 Å². The summed E-state index contributed by atoms with van der Waals surface area (Å²) < 4.78 is 8.49. The summed E-state index contributed by atoms with van der Waals surface area (Å²) in [6.07, 6.45) is 9.04. The van der Waals surface area contributed by atoms with Gasteiger partial charge in [-0.1, -0.05) is 0 Å². The second-order valence-corrected chi connectivity index (χ2v) is 9.34. The Bertz CT molecular complexity index is 860. The number of ether oxygens (including phenoxy) is 1. The van der Waals surface area contributed by atoms with Crippen LogP contribution in [-0.4, -0.2) is 58.0 Å². The number of piperidine rings is 1. The van der Waals surface area contributed by atoms with Crippen molar-refractivity contribution >= 4 is 17.2 Å². The Morgan fingerprint density at radius 2 is 2.04 bits per heavy atom. The summed E-state index contributed by atoms with van der Waals surface area (Å²) in [6.45, 7) is 5.46. The Hall–Kier alpha value is -1.70. The zero-order chi connectivity index (χ0) is 19.1. The van der Waals surface area contributed by atoms with Crippen LogP contribution >= 0.6 is 11.3 Å².